The van der Waals surface area contributed by atoms with Gasteiger partial charge in [-0.3, -0.25) is 10.1 Å². The molecule has 1 aromatic carbocycles. The highest BCUT2D eigenvalue weighted by Crippen LogP contribution is 2.22. The molecule has 1 unspecified atom stereocenters. The summed E-state index contributed by atoms with van der Waals surface area (Å²) in [5.74, 6) is -0.747. The molecular formula is C15H21FN2O. The summed E-state index contributed by atoms with van der Waals surface area (Å²) in [6.07, 6.45) is 5.70. The number of aryl methyl sites for hydroxylation is 1. The van der Waals surface area contributed by atoms with Gasteiger partial charge in [0.15, 0.2) is 0 Å². The average molecular weight is 264 g/mol. The molecule has 0 bridgehead atoms. The molecule has 0 radical (unpaired) electrons. The predicted octanol–water partition coefficient (Wildman–Crippen LogP) is 2.58. The molecule has 2 rings (SSSR count). The second-order valence-electron chi connectivity index (χ2n) is 5.35. The number of nitrogens with two attached hydrogens (primary N) is 1. The van der Waals surface area contributed by atoms with Crippen LogP contribution in [0, 0.1) is 12.7 Å². The number of primary amides is 1. The van der Waals surface area contributed by atoms with Gasteiger partial charge in [0.05, 0.1) is 0 Å². The normalized spacial score (nSPS) is 18.2. The van der Waals surface area contributed by atoms with E-state index in [1.54, 1.807) is 19.1 Å². The van der Waals surface area contributed by atoms with E-state index in [9.17, 15) is 9.18 Å². The standard InChI is InChI=1S/C15H21FN2O/c1-10-7-8-11(9-13(10)16)14(15(17)19)18-12-5-3-2-4-6-12/h7-9,12,14,18H,2-6H2,1H3,(H2,17,19). The first kappa shape index (κ1) is 14.0. The van der Waals surface area contributed by atoms with E-state index in [0.29, 0.717) is 17.2 Å². The predicted molar refractivity (Wildman–Crippen MR) is 73.1 cm³/mol. The fourth-order valence-electron chi connectivity index (χ4n) is 2.64. The van der Waals surface area contributed by atoms with Crippen LogP contribution in [-0.2, 0) is 4.79 Å². The van der Waals surface area contributed by atoms with E-state index in [4.69, 9.17) is 5.73 Å². The molecule has 104 valence electrons. The lowest BCUT2D eigenvalue weighted by atomic mass is 9.93. The van der Waals surface area contributed by atoms with E-state index in [2.05, 4.69) is 5.32 Å². The Labute approximate surface area is 113 Å². The molecule has 3 nitrogen and oxygen atoms in total. The highest BCUT2D eigenvalue weighted by Gasteiger charge is 2.23. The van der Waals surface area contributed by atoms with Gasteiger partial charge in [-0.2, -0.15) is 0 Å². The van der Waals surface area contributed by atoms with Crippen molar-refractivity contribution >= 4 is 5.91 Å². The zero-order valence-corrected chi connectivity index (χ0v) is 11.3. The Hall–Kier alpha value is -1.42. The highest BCUT2D eigenvalue weighted by molar-refractivity contribution is 5.81. The minimum Gasteiger partial charge on any atom is -0.368 e. The van der Waals surface area contributed by atoms with E-state index in [1.807, 2.05) is 0 Å². The number of nitrogens with one attached hydrogen (secondary N) is 1. The van der Waals surface area contributed by atoms with Gasteiger partial charge in [0.25, 0.3) is 0 Å². The van der Waals surface area contributed by atoms with Gasteiger partial charge >= 0.3 is 0 Å². The summed E-state index contributed by atoms with van der Waals surface area (Å²) in [6, 6.07) is 4.56. The molecule has 1 aliphatic carbocycles. The number of rotatable bonds is 4. The fourth-order valence-corrected chi connectivity index (χ4v) is 2.64. The average Bonchev–Trinajstić information content (AvgIpc) is 2.40. The molecule has 0 heterocycles. The number of amides is 1. The van der Waals surface area contributed by atoms with Gasteiger partial charge in [-0.05, 0) is 37.0 Å². The van der Waals surface area contributed by atoms with Crippen molar-refractivity contribution in [1.29, 1.82) is 0 Å². The maximum atomic E-state index is 13.6. The molecule has 0 saturated heterocycles. The van der Waals surface area contributed by atoms with E-state index in [0.717, 1.165) is 12.8 Å². The molecule has 1 fully saturated rings. The Morgan fingerprint density at radius 3 is 2.63 bits per heavy atom. The molecule has 19 heavy (non-hydrogen) atoms. The van der Waals surface area contributed by atoms with Crippen LogP contribution < -0.4 is 11.1 Å². The van der Waals surface area contributed by atoms with Crippen molar-refractivity contribution in [3.05, 3.63) is 35.1 Å². The van der Waals surface area contributed by atoms with Crippen LogP contribution in [0.1, 0.15) is 49.3 Å². The quantitative estimate of drug-likeness (QED) is 0.878. The molecule has 1 aliphatic rings. The summed E-state index contributed by atoms with van der Waals surface area (Å²) in [4.78, 5) is 11.6. The van der Waals surface area contributed by atoms with Gasteiger partial charge in [-0.25, -0.2) is 4.39 Å². The highest BCUT2D eigenvalue weighted by atomic mass is 19.1. The summed E-state index contributed by atoms with van der Waals surface area (Å²) < 4.78 is 13.6. The maximum Gasteiger partial charge on any atom is 0.239 e. The summed E-state index contributed by atoms with van der Waals surface area (Å²) >= 11 is 0. The Morgan fingerprint density at radius 1 is 1.37 bits per heavy atom. The number of carbonyl (C=O) groups excluding carboxylic acids is 1. The minimum absolute atomic E-state index is 0.297. The van der Waals surface area contributed by atoms with Crippen molar-refractivity contribution < 1.29 is 9.18 Å². The Morgan fingerprint density at radius 2 is 2.05 bits per heavy atom. The lowest BCUT2D eigenvalue weighted by Crippen LogP contribution is -2.41. The van der Waals surface area contributed by atoms with Crippen LogP contribution in [0.25, 0.3) is 0 Å². The Bertz CT molecular complexity index is 455. The third-order valence-corrected chi connectivity index (χ3v) is 3.82. The van der Waals surface area contributed by atoms with E-state index < -0.39 is 11.9 Å². The monoisotopic (exact) mass is 264 g/mol. The van der Waals surface area contributed by atoms with Crippen LogP contribution in [0.5, 0.6) is 0 Å². The van der Waals surface area contributed by atoms with E-state index in [-0.39, 0.29) is 5.82 Å². The molecule has 0 spiro atoms. The Balaban J connectivity index is 2.14. The van der Waals surface area contributed by atoms with Crippen molar-refractivity contribution in [2.45, 2.75) is 51.1 Å². The van der Waals surface area contributed by atoms with Crippen molar-refractivity contribution in [3.8, 4) is 0 Å². The molecule has 0 aliphatic heterocycles. The van der Waals surface area contributed by atoms with Crippen LogP contribution in [0.4, 0.5) is 4.39 Å². The summed E-state index contributed by atoms with van der Waals surface area (Å²) in [7, 11) is 0. The molecule has 4 heteroatoms. The number of halogens is 1. The van der Waals surface area contributed by atoms with E-state index >= 15 is 0 Å². The van der Waals surface area contributed by atoms with E-state index in [1.165, 1.54) is 25.3 Å². The van der Waals surface area contributed by atoms with Crippen molar-refractivity contribution in [1.82, 2.24) is 5.32 Å². The summed E-state index contributed by atoms with van der Waals surface area (Å²) in [5.41, 5.74) is 6.64. The largest absolute Gasteiger partial charge is 0.368 e. The number of carbonyl (C=O) groups is 1. The number of benzene rings is 1. The molecule has 0 aromatic heterocycles. The third-order valence-electron chi connectivity index (χ3n) is 3.82. The summed E-state index contributed by atoms with van der Waals surface area (Å²) in [5, 5.41) is 3.28. The lowest BCUT2D eigenvalue weighted by Gasteiger charge is -2.27. The summed E-state index contributed by atoms with van der Waals surface area (Å²) in [6.45, 7) is 1.70. The van der Waals surface area contributed by atoms with Crippen molar-refractivity contribution in [3.63, 3.8) is 0 Å². The van der Waals surface area contributed by atoms with Crippen molar-refractivity contribution in [2.24, 2.45) is 5.73 Å². The van der Waals surface area contributed by atoms with Gasteiger partial charge in [0.2, 0.25) is 5.91 Å². The fraction of sp³-hybridized carbons (Fsp3) is 0.533. The first-order valence-electron chi connectivity index (χ1n) is 6.89. The number of hydrogen-bond donors (Lipinski definition) is 2. The zero-order valence-electron chi connectivity index (χ0n) is 11.3. The van der Waals surface area contributed by atoms with Crippen LogP contribution >= 0.6 is 0 Å². The second-order valence-corrected chi connectivity index (χ2v) is 5.35. The zero-order chi connectivity index (χ0) is 13.8. The lowest BCUT2D eigenvalue weighted by molar-refractivity contribution is -0.120. The number of hydrogen-bond acceptors (Lipinski definition) is 2. The van der Waals surface area contributed by atoms with Crippen LogP contribution in [0.2, 0.25) is 0 Å². The van der Waals surface area contributed by atoms with Gasteiger partial charge in [-0.15, -0.1) is 0 Å². The SMILES string of the molecule is Cc1ccc(C(NC2CCCCC2)C(N)=O)cc1F. The molecule has 1 atom stereocenters. The second kappa shape index (κ2) is 6.15. The smallest absolute Gasteiger partial charge is 0.239 e. The van der Waals surface area contributed by atoms with Gasteiger partial charge < -0.3 is 5.73 Å². The molecular weight excluding hydrogens is 243 g/mol. The van der Waals surface area contributed by atoms with Crippen LogP contribution in [-0.4, -0.2) is 11.9 Å². The third kappa shape index (κ3) is 3.53. The van der Waals surface area contributed by atoms with Gasteiger partial charge in [0.1, 0.15) is 11.9 Å². The first-order valence-corrected chi connectivity index (χ1v) is 6.89. The minimum atomic E-state index is -0.599. The topological polar surface area (TPSA) is 55.1 Å². The molecule has 3 N–H and O–H groups in total. The molecule has 1 aromatic rings. The molecule has 1 amide bonds. The van der Waals surface area contributed by atoms with Crippen molar-refractivity contribution in [2.75, 3.05) is 0 Å². The Kier molecular flexibility index (Phi) is 4.53. The van der Waals surface area contributed by atoms with Crippen LogP contribution in [0.3, 0.4) is 0 Å². The first-order chi connectivity index (χ1) is 9.08. The molecule has 1 saturated carbocycles. The van der Waals surface area contributed by atoms with Gasteiger partial charge in [0, 0.05) is 6.04 Å². The van der Waals surface area contributed by atoms with Crippen LogP contribution in [0.15, 0.2) is 18.2 Å². The van der Waals surface area contributed by atoms with Gasteiger partial charge in [-0.1, -0.05) is 31.4 Å². The maximum absolute atomic E-state index is 13.6.